The number of carbonyl (C=O) groups excluding carboxylic acids is 1. The van der Waals surface area contributed by atoms with Crippen LogP contribution in [0.25, 0.3) is 0 Å². The predicted octanol–water partition coefficient (Wildman–Crippen LogP) is 1.48. The van der Waals surface area contributed by atoms with Crippen LogP contribution < -0.4 is 0 Å². The Morgan fingerprint density at radius 3 is 2.84 bits per heavy atom. The van der Waals surface area contributed by atoms with E-state index in [1.807, 2.05) is 6.92 Å². The third kappa shape index (κ3) is 3.14. The maximum Gasteiger partial charge on any atom is 0.371 e. The average molecular weight is 267 g/mol. The second-order valence-electron chi connectivity index (χ2n) is 4.53. The molecule has 1 aliphatic rings. The Morgan fingerprint density at radius 2 is 2.21 bits per heavy atom. The van der Waals surface area contributed by atoms with Gasteiger partial charge < -0.3 is 19.2 Å². The van der Waals surface area contributed by atoms with E-state index < -0.39 is 5.97 Å². The summed E-state index contributed by atoms with van der Waals surface area (Å²) in [5.41, 5.74) is 0. The highest BCUT2D eigenvalue weighted by Gasteiger charge is 2.29. The molecule has 1 unspecified atom stereocenters. The second kappa shape index (κ2) is 5.88. The molecule has 6 heteroatoms. The molecule has 0 aromatic carbocycles. The molecule has 2 rings (SSSR count). The Bertz CT molecular complexity index is 467. The minimum absolute atomic E-state index is 0.0782. The van der Waals surface area contributed by atoms with Gasteiger partial charge in [0.05, 0.1) is 6.61 Å². The number of nitrogens with zero attached hydrogens (tertiary/aromatic N) is 1. The van der Waals surface area contributed by atoms with Crippen LogP contribution in [0.1, 0.15) is 34.5 Å². The summed E-state index contributed by atoms with van der Waals surface area (Å²) >= 11 is 0. The predicted molar refractivity (Wildman–Crippen MR) is 66.2 cm³/mol. The van der Waals surface area contributed by atoms with Gasteiger partial charge in [0.15, 0.2) is 5.76 Å². The Labute approximate surface area is 110 Å². The van der Waals surface area contributed by atoms with Gasteiger partial charge in [-0.05, 0) is 25.5 Å². The first-order valence-corrected chi connectivity index (χ1v) is 6.32. The van der Waals surface area contributed by atoms with Crippen LogP contribution in [0.5, 0.6) is 0 Å². The van der Waals surface area contributed by atoms with Crippen molar-refractivity contribution in [2.45, 2.75) is 13.3 Å². The lowest BCUT2D eigenvalue weighted by Gasteiger charge is -2.14. The summed E-state index contributed by atoms with van der Waals surface area (Å²) in [6.45, 7) is 4.54. The van der Waals surface area contributed by atoms with Crippen molar-refractivity contribution < 1.29 is 23.8 Å². The SMILES string of the molecule is CCOCC1CCN(C(=O)c2ccc(C(=O)O)o2)C1. The van der Waals surface area contributed by atoms with Crippen molar-refractivity contribution in [1.29, 1.82) is 0 Å². The normalized spacial score (nSPS) is 18.8. The first kappa shape index (κ1) is 13.6. The van der Waals surface area contributed by atoms with Crippen LogP contribution in [-0.4, -0.2) is 48.2 Å². The third-order valence-electron chi connectivity index (χ3n) is 3.16. The lowest BCUT2D eigenvalue weighted by Crippen LogP contribution is -2.29. The van der Waals surface area contributed by atoms with E-state index in [0.717, 1.165) is 6.42 Å². The molecule has 1 N–H and O–H groups in total. The van der Waals surface area contributed by atoms with Crippen LogP contribution in [-0.2, 0) is 4.74 Å². The number of likely N-dealkylation sites (tertiary alicyclic amines) is 1. The van der Waals surface area contributed by atoms with E-state index in [9.17, 15) is 9.59 Å². The van der Waals surface area contributed by atoms with E-state index in [0.29, 0.717) is 32.2 Å². The molecule has 1 atom stereocenters. The number of amides is 1. The second-order valence-corrected chi connectivity index (χ2v) is 4.53. The fourth-order valence-electron chi connectivity index (χ4n) is 2.16. The Balaban J connectivity index is 1.95. The van der Waals surface area contributed by atoms with E-state index in [4.69, 9.17) is 14.3 Å². The van der Waals surface area contributed by atoms with Gasteiger partial charge in [0, 0.05) is 25.6 Å². The first-order valence-electron chi connectivity index (χ1n) is 6.32. The quantitative estimate of drug-likeness (QED) is 0.874. The van der Waals surface area contributed by atoms with E-state index in [1.165, 1.54) is 12.1 Å². The highest BCUT2D eigenvalue weighted by Crippen LogP contribution is 2.20. The van der Waals surface area contributed by atoms with Crippen molar-refractivity contribution in [2.24, 2.45) is 5.92 Å². The van der Waals surface area contributed by atoms with Crippen molar-refractivity contribution in [3.63, 3.8) is 0 Å². The van der Waals surface area contributed by atoms with Crippen molar-refractivity contribution >= 4 is 11.9 Å². The summed E-state index contributed by atoms with van der Waals surface area (Å²) in [5.74, 6) is -1.22. The number of carboxylic acid groups (broad SMARTS) is 1. The zero-order valence-corrected chi connectivity index (χ0v) is 10.8. The molecule has 1 amide bonds. The fourth-order valence-corrected chi connectivity index (χ4v) is 2.16. The number of rotatable bonds is 5. The molecule has 104 valence electrons. The van der Waals surface area contributed by atoms with Crippen LogP contribution >= 0.6 is 0 Å². The first-order chi connectivity index (χ1) is 9.11. The number of furan rings is 1. The molecular formula is C13H17NO5. The molecule has 0 bridgehead atoms. The Kier molecular flexibility index (Phi) is 4.21. The minimum Gasteiger partial charge on any atom is -0.475 e. The number of carboxylic acids is 1. The van der Waals surface area contributed by atoms with E-state index >= 15 is 0 Å². The maximum atomic E-state index is 12.1. The number of ether oxygens (including phenoxy) is 1. The standard InChI is InChI=1S/C13H17NO5/c1-2-18-8-9-5-6-14(7-9)12(15)10-3-4-11(19-10)13(16)17/h3-4,9H,2,5-8H2,1H3,(H,16,17). The van der Waals surface area contributed by atoms with Gasteiger partial charge in [0.2, 0.25) is 5.76 Å². The van der Waals surface area contributed by atoms with E-state index in [1.54, 1.807) is 4.90 Å². The maximum absolute atomic E-state index is 12.1. The third-order valence-corrected chi connectivity index (χ3v) is 3.16. The summed E-state index contributed by atoms with van der Waals surface area (Å²) in [5, 5.41) is 8.75. The minimum atomic E-state index is -1.17. The molecule has 1 fully saturated rings. The molecule has 19 heavy (non-hydrogen) atoms. The molecule has 0 aliphatic carbocycles. The average Bonchev–Trinajstić information content (AvgIpc) is 3.04. The summed E-state index contributed by atoms with van der Waals surface area (Å²) in [6, 6.07) is 2.70. The smallest absolute Gasteiger partial charge is 0.371 e. The van der Waals surface area contributed by atoms with Crippen LogP contribution in [0.15, 0.2) is 16.5 Å². The zero-order valence-electron chi connectivity index (χ0n) is 10.8. The summed E-state index contributed by atoms with van der Waals surface area (Å²) < 4.78 is 10.4. The van der Waals surface area contributed by atoms with E-state index in [2.05, 4.69) is 0 Å². The molecule has 0 radical (unpaired) electrons. The highest BCUT2D eigenvalue weighted by molar-refractivity contribution is 5.93. The highest BCUT2D eigenvalue weighted by atomic mass is 16.5. The molecule has 1 aromatic heterocycles. The van der Waals surface area contributed by atoms with Crippen LogP contribution in [0, 0.1) is 5.92 Å². The number of carbonyl (C=O) groups is 2. The number of hydrogen-bond donors (Lipinski definition) is 1. The fraction of sp³-hybridized carbons (Fsp3) is 0.538. The molecule has 0 spiro atoms. The van der Waals surface area contributed by atoms with Crippen LogP contribution in [0.4, 0.5) is 0 Å². The van der Waals surface area contributed by atoms with E-state index in [-0.39, 0.29) is 17.4 Å². The van der Waals surface area contributed by atoms with Gasteiger partial charge in [0.1, 0.15) is 0 Å². The Hall–Kier alpha value is -1.82. The zero-order chi connectivity index (χ0) is 13.8. The van der Waals surface area contributed by atoms with Gasteiger partial charge in [-0.2, -0.15) is 0 Å². The molecule has 0 saturated carbocycles. The summed E-state index contributed by atoms with van der Waals surface area (Å²) in [7, 11) is 0. The van der Waals surface area contributed by atoms with Crippen LogP contribution in [0.2, 0.25) is 0 Å². The summed E-state index contributed by atoms with van der Waals surface area (Å²) in [4.78, 5) is 24.5. The summed E-state index contributed by atoms with van der Waals surface area (Å²) in [6.07, 6.45) is 0.901. The topological polar surface area (TPSA) is 80.0 Å². The van der Waals surface area contributed by atoms with Gasteiger partial charge in [-0.1, -0.05) is 0 Å². The largest absolute Gasteiger partial charge is 0.475 e. The van der Waals surface area contributed by atoms with Crippen molar-refractivity contribution in [3.8, 4) is 0 Å². The molecule has 1 aromatic rings. The van der Waals surface area contributed by atoms with Crippen LogP contribution in [0.3, 0.4) is 0 Å². The van der Waals surface area contributed by atoms with Crippen molar-refractivity contribution in [1.82, 2.24) is 4.90 Å². The lowest BCUT2D eigenvalue weighted by atomic mass is 10.1. The number of aromatic carboxylic acids is 1. The van der Waals surface area contributed by atoms with Gasteiger partial charge in [-0.3, -0.25) is 4.79 Å². The van der Waals surface area contributed by atoms with Gasteiger partial charge in [-0.25, -0.2) is 4.79 Å². The molecule has 1 saturated heterocycles. The molecule has 2 heterocycles. The molecule has 6 nitrogen and oxygen atoms in total. The van der Waals surface area contributed by atoms with Crippen molar-refractivity contribution in [2.75, 3.05) is 26.3 Å². The van der Waals surface area contributed by atoms with Gasteiger partial charge in [-0.15, -0.1) is 0 Å². The lowest BCUT2D eigenvalue weighted by molar-refractivity contribution is 0.0651. The van der Waals surface area contributed by atoms with Crippen molar-refractivity contribution in [3.05, 3.63) is 23.7 Å². The molecular weight excluding hydrogens is 250 g/mol. The van der Waals surface area contributed by atoms with Gasteiger partial charge >= 0.3 is 5.97 Å². The van der Waals surface area contributed by atoms with Gasteiger partial charge in [0.25, 0.3) is 5.91 Å². The monoisotopic (exact) mass is 267 g/mol. The Morgan fingerprint density at radius 1 is 1.47 bits per heavy atom. The number of hydrogen-bond acceptors (Lipinski definition) is 4. The molecule has 1 aliphatic heterocycles.